The lowest BCUT2D eigenvalue weighted by molar-refractivity contribution is 0.415. The zero-order valence-corrected chi connectivity index (χ0v) is 10.5. The minimum atomic E-state index is 0.190. The van der Waals surface area contributed by atoms with Gasteiger partial charge in [-0.25, -0.2) is 0 Å². The van der Waals surface area contributed by atoms with Gasteiger partial charge in [-0.2, -0.15) is 0 Å². The number of nitrogens with one attached hydrogen (secondary N) is 1. The highest BCUT2D eigenvalue weighted by Gasteiger charge is 2.07. The minimum Gasteiger partial charge on any atom is -0.495 e. The van der Waals surface area contributed by atoms with E-state index in [1.54, 1.807) is 19.2 Å². The molecule has 0 amide bonds. The molecule has 0 fully saturated rings. The van der Waals surface area contributed by atoms with Crippen LogP contribution in [0.1, 0.15) is 0 Å². The Labute approximate surface area is 101 Å². The van der Waals surface area contributed by atoms with E-state index in [-0.39, 0.29) is 5.11 Å². The standard InChI is InChI=1S/C8H8BrClN2OS/c1-13-7-3-6(12-8(11)14)4(9)2-5(7)10/h2-3H,1H3,(H3,11,12,14). The van der Waals surface area contributed by atoms with Crippen molar-refractivity contribution < 1.29 is 4.74 Å². The van der Waals surface area contributed by atoms with Crippen molar-refractivity contribution in [1.82, 2.24) is 0 Å². The van der Waals surface area contributed by atoms with E-state index in [9.17, 15) is 0 Å². The Morgan fingerprint density at radius 3 is 2.79 bits per heavy atom. The molecule has 0 heterocycles. The molecule has 3 N–H and O–H groups in total. The first-order valence-electron chi connectivity index (χ1n) is 3.64. The third-order valence-electron chi connectivity index (χ3n) is 1.50. The number of hydrogen-bond acceptors (Lipinski definition) is 2. The molecule has 0 radical (unpaired) electrons. The molecule has 1 aromatic rings. The van der Waals surface area contributed by atoms with Gasteiger partial charge in [0.2, 0.25) is 0 Å². The van der Waals surface area contributed by atoms with Crippen molar-refractivity contribution in [3.8, 4) is 5.75 Å². The zero-order valence-electron chi connectivity index (χ0n) is 7.30. The SMILES string of the molecule is COc1cc(NC(N)=S)c(Br)cc1Cl. The lowest BCUT2D eigenvalue weighted by Gasteiger charge is -2.10. The van der Waals surface area contributed by atoms with Crippen LogP contribution in [0.5, 0.6) is 5.75 Å². The second-order valence-electron chi connectivity index (χ2n) is 2.46. The topological polar surface area (TPSA) is 47.3 Å². The largest absolute Gasteiger partial charge is 0.495 e. The number of ether oxygens (including phenoxy) is 1. The fourth-order valence-corrected chi connectivity index (χ4v) is 1.84. The quantitative estimate of drug-likeness (QED) is 0.824. The molecule has 1 aromatic carbocycles. The summed E-state index contributed by atoms with van der Waals surface area (Å²) in [5.41, 5.74) is 6.07. The van der Waals surface area contributed by atoms with Crippen LogP contribution >= 0.6 is 39.7 Å². The molecule has 14 heavy (non-hydrogen) atoms. The van der Waals surface area contributed by atoms with Crippen molar-refractivity contribution >= 4 is 50.5 Å². The maximum Gasteiger partial charge on any atom is 0.168 e. The Bertz CT molecular complexity index is 373. The van der Waals surface area contributed by atoms with Crippen LogP contribution in [-0.4, -0.2) is 12.2 Å². The molecular weight excluding hydrogens is 288 g/mol. The van der Waals surface area contributed by atoms with Gasteiger partial charge in [-0.1, -0.05) is 11.6 Å². The summed E-state index contributed by atoms with van der Waals surface area (Å²) in [5, 5.41) is 3.51. The molecule has 0 unspecified atom stereocenters. The summed E-state index contributed by atoms with van der Waals surface area (Å²) in [5.74, 6) is 0.564. The summed E-state index contributed by atoms with van der Waals surface area (Å²) < 4.78 is 5.82. The van der Waals surface area contributed by atoms with Crippen molar-refractivity contribution in [2.75, 3.05) is 12.4 Å². The minimum absolute atomic E-state index is 0.190. The molecule has 0 saturated carbocycles. The van der Waals surface area contributed by atoms with Crippen molar-refractivity contribution in [2.45, 2.75) is 0 Å². The lowest BCUT2D eigenvalue weighted by Crippen LogP contribution is -2.19. The summed E-state index contributed by atoms with van der Waals surface area (Å²) in [6, 6.07) is 3.42. The van der Waals surface area contributed by atoms with Crippen molar-refractivity contribution in [2.24, 2.45) is 5.73 Å². The molecule has 1 rings (SSSR count). The van der Waals surface area contributed by atoms with E-state index in [1.165, 1.54) is 0 Å². The average Bonchev–Trinajstić information content (AvgIpc) is 2.09. The predicted molar refractivity (Wildman–Crippen MR) is 66.1 cm³/mol. The molecule has 0 atom stereocenters. The highest BCUT2D eigenvalue weighted by atomic mass is 79.9. The second-order valence-corrected chi connectivity index (χ2v) is 4.16. The van der Waals surface area contributed by atoms with Gasteiger partial charge in [-0.3, -0.25) is 0 Å². The van der Waals surface area contributed by atoms with Gasteiger partial charge in [-0.05, 0) is 34.2 Å². The zero-order chi connectivity index (χ0) is 10.7. The van der Waals surface area contributed by atoms with Gasteiger partial charge in [0.15, 0.2) is 5.11 Å². The Morgan fingerprint density at radius 2 is 2.29 bits per heavy atom. The number of methoxy groups -OCH3 is 1. The highest BCUT2D eigenvalue weighted by molar-refractivity contribution is 9.10. The molecular formula is C8H8BrClN2OS. The van der Waals surface area contributed by atoms with Gasteiger partial charge in [0.1, 0.15) is 5.75 Å². The van der Waals surface area contributed by atoms with Crippen molar-refractivity contribution in [3.05, 3.63) is 21.6 Å². The maximum absolute atomic E-state index is 5.89. The smallest absolute Gasteiger partial charge is 0.168 e. The van der Waals surface area contributed by atoms with Crippen molar-refractivity contribution in [3.63, 3.8) is 0 Å². The lowest BCUT2D eigenvalue weighted by atomic mass is 10.3. The van der Waals surface area contributed by atoms with Gasteiger partial charge < -0.3 is 15.8 Å². The van der Waals surface area contributed by atoms with Crippen LogP contribution < -0.4 is 15.8 Å². The van der Waals surface area contributed by atoms with Crippen LogP contribution in [-0.2, 0) is 0 Å². The van der Waals surface area contributed by atoms with Crippen LogP contribution in [0.25, 0.3) is 0 Å². The van der Waals surface area contributed by atoms with Gasteiger partial charge in [-0.15, -0.1) is 0 Å². The number of halogens is 2. The first-order chi connectivity index (χ1) is 6.54. The van der Waals surface area contributed by atoms with Crippen molar-refractivity contribution in [1.29, 1.82) is 0 Å². The van der Waals surface area contributed by atoms with E-state index in [1.807, 2.05) is 0 Å². The van der Waals surface area contributed by atoms with Crippen LogP contribution in [0, 0.1) is 0 Å². The number of nitrogens with two attached hydrogens (primary N) is 1. The first kappa shape index (κ1) is 11.6. The summed E-state index contributed by atoms with van der Waals surface area (Å²) in [4.78, 5) is 0. The molecule has 0 aliphatic rings. The Morgan fingerprint density at radius 1 is 1.64 bits per heavy atom. The van der Waals surface area contributed by atoms with E-state index in [0.717, 1.165) is 10.2 Å². The molecule has 0 saturated heterocycles. The second kappa shape index (κ2) is 4.82. The van der Waals surface area contributed by atoms with E-state index in [0.29, 0.717) is 10.8 Å². The monoisotopic (exact) mass is 294 g/mol. The van der Waals surface area contributed by atoms with Gasteiger partial charge in [0, 0.05) is 10.5 Å². The van der Waals surface area contributed by atoms with E-state index in [4.69, 9.17) is 34.3 Å². The first-order valence-corrected chi connectivity index (χ1v) is 5.22. The summed E-state index contributed by atoms with van der Waals surface area (Å²) in [6.07, 6.45) is 0. The maximum atomic E-state index is 5.89. The van der Waals surface area contributed by atoms with Crippen LogP contribution in [0.3, 0.4) is 0 Å². The van der Waals surface area contributed by atoms with E-state index >= 15 is 0 Å². The normalized spacial score (nSPS) is 9.64. The Balaban J connectivity index is 3.10. The molecule has 6 heteroatoms. The number of hydrogen-bond donors (Lipinski definition) is 2. The molecule has 0 aliphatic carbocycles. The summed E-state index contributed by atoms with van der Waals surface area (Å²) >= 11 is 13.9. The molecule has 0 spiro atoms. The molecule has 0 aliphatic heterocycles. The fourth-order valence-electron chi connectivity index (χ4n) is 0.914. The highest BCUT2D eigenvalue weighted by Crippen LogP contribution is 2.34. The predicted octanol–water partition coefficient (Wildman–Crippen LogP) is 2.77. The fraction of sp³-hybridized carbons (Fsp3) is 0.125. The number of rotatable bonds is 2. The average molecular weight is 296 g/mol. The molecule has 0 bridgehead atoms. The molecule has 3 nitrogen and oxygen atoms in total. The Hall–Kier alpha value is -0.520. The third kappa shape index (κ3) is 2.73. The summed E-state index contributed by atoms with van der Waals surface area (Å²) in [6.45, 7) is 0. The van der Waals surface area contributed by atoms with Gasteiger partial charge in [0.25, 0.3) is 0 Å². The van der Waals surface area contributed by atoms with E-state index < -0.39 is 0 Å². The molecule has 0 aromatic heterocycles. The van der Waals surface area contributed by atoms with Crippen LogP contribution in [0.15, 0.2) is 16.6 Å². The third-order valence-corrected chi connectivity index (χ3v) is 2.55. The van der Waals surface area contributed by atoms with Crippen LogP contribution in [0.4, 0.5) is 5.69 Å². The summed E-state index contributed by atoms with van der Waals surface area (Å²) in [7, 11) is 1.54. The Kier molecular flexibility index (Phi) is 3.97. The van der Waals surface area contributed by atoms with E-state index in [2.05, 4.69) is 21.2 Å². The number of anilines is 1. The molecule has 76 valence electrons. The van der Waals surface area contributed by atoms with Gasteiger partial charge in [0.05, 0.1) is 17.8 Å². The number of benzene rings is 1. The van der Waals surface area contributed by atoms with Gasteiger partial charge >= 0.3 is 0 Å². The van der Waals surface area contributed by atoms with Crippen LogP contribution in [0.2, 0.25) is 5.02 Å². The number of thiocarbonyl (C=S) groups is 1.